The van der Waals surface area contributed by atoms with E-state index < -0.39 is 0 Å². The molecule has 0 spiro atoms. The van der Waals surface area contributed by atoms with Crippen LogP contribution < -0.4 is 15.6 Å². The van der Waals surface area contributed by atoms with Gasteiger partial charge in [-0.15, -0.1) is 0 Å². The summed E-state index contributed by atoms with van der Waals surface area (Å²) in [5.74, 6) is 1.60. The molecule has 2 aliphatic rings. The van der Waals surface area contributed by atoms with E-state index in [-0.39, 0.29) is 17.4 Å². The summed E-state index contributed by atoms with van der Waals surface area (Å²) in [5, 5.41) is 6.33. The number of aryl methyl sites for hydroxylation is 1. The topological polar surface area (TPSA) is 76.1 Å². The van der Waals surface area contributed by atoms with Gasteiger partial charge in [-0.1, -0.05) is 0 Å². The van der Waals surface area contributed by atoms with Crippen molar-refractivity contribution in [3.05, 3.63) is 45.9 Å². The van der Waals surface area contributed by atoms with Gasteiger partial charge in [0.1, 0.15) is 5.75 Å². The lowest BCUT2D eigenvalue weighted by Gasteiger charge is -2.14. The minimum atomic E-state index is -0.00999. The smallest absolute Gasteiger partial charge is 0.274 e. The predicted octanol–water partition coefficient (Wildman–Crippen LogP) is 2.20. The normalized spacial score (nSPS) is 19.5. The number of aromatic nitrogens is 2. The van der Waals surface area contributed by atoms with Crippen LogP contribution in [0.2, 0.25) is 0 Å². The number of aromatic amines is 1. The van der Waals surface area contributed by atoms with Gasteiger partial charge in [-0.3, -0.25) is 14.7 Å². The van der Waals surface area contributed by atoms with E-state index in [0.717, 1.165) is 48.5 Å². The molecule has 1 saturated carbocycles. The number of carbonyl (C=O) groups is 1. The Bertz CT molecular complexity index is 846. The summed E-state index contributed by atoms with van der Waals surface area (Å²) in [7, 11) is 1.62. The molecule has 1 unspecified atom stereocenters. The molecular weight excluding hydrogens is 330 g/mol. The Hall–Kier alpha value is -2.50. The number of ether oxygens (including phenoxy) is 1. The Morgan fingerprint density at radius 1 is 1.19 bits per heavy atom. The van der Waals surface area contributed by atoms with Crippen LogP contribution in [0, 0.1) is 11.8 Å². The molecule has 26 heavy (non-hydrogen) atoms. The highest BCUT2D eigenvalue weighted by Crippen LogP contribution is 2.28. The Labute approximate surface area is 152 Å². The molecule has 2 aliphatic carbocycles. The fraction of sp³-hybridized carbons (Fsp3) is 0.500. The average Bonchev–Trinajstić information content (AvgIpc) is 3.47. The van der Waals surface area contributed by atoms with Crippen LogP contribution in [0.1, 0.15) is 36.9 Å². The fourth-order valence-electron chi connectivity index (χ4n) is 3.65. The van der Waals surface area contributed by atoms with Gasteiger partial charge in [-0.2, -0.15) is 0 Å². The lowest BCUT2D eigenvalue weighted by Crippen LogP contribution is -2.32. The summed E-state index contributed by atoms with van der Waals surface area (Å²) >= 11 is 0. The maximum Gasteiger partial charge on any atom is 0.274 e. The highest BCUT2D eigenvalue weighted by molar-refractivity contribution is 5.78. The monoisotopic (exact) mass is 355 g/mol. The highest BCUT2D eigenvalue weighted by atomic mass is 16.5. The predicted molar refractivity (Wildman–Crippen MR) is 98.8 cm³/mol. The molecule has 138 valence electrons. The van der Waals surface area contributed by atoms with Gasteiger partial charge in [0.25, 0.3) is 5.56 Å². The first-order valence-electron chi connectivity index (χ1n) is 9.40. The second-order valence-corrected chi connectivity index (χ2v) is 7.37. The van der Waals surface area contributed by atoms with E-state index in [1.165, 1.54) is 12.8 Å². The minimum Gasteiger partial charge on any atom is -0.497 e. The molecule has 1 fully saturated rings. The number of rotatable bonds is 5. The number of fused-ring (bicyclic) bond motifs is 1. The fourth-order valence-corrected chi connectivity index (χ4v) is 3.65. The first-order chi connectivity index (χ1) is 12.7. The summed E-state index contributed by atoms with van der Waals surface area (Å²) in [6, 6.07) is 7.41. The largest absolute Gasteiger partial charge is 0.497 e. The van der Waals surface area contributed by atoms with Crippen LogP contribution in [-0.4, -0.2) is 29.3 Å². The standard InChI is InChI=1S/C20H25N3O3/c1-26-16-8-6-15(7-9-16)23-20(25)17-10-4-14(5-11-18(17)22-23)19(24)21-12-13-2-3-13/h6-9,13-14,22H,2-5,10-12H2,1H3,(H,21,24). The Balaban J connectivity index is 1.47. The molecule has 6 heteroatoms. The minimum absolute atomic E-state index is 0.00314. The number of amides is 1. The number of nitrogens with zero attached hydrogens (tertiary/aromatic N) is 1. The van der Waals surface area contributed by atoms with Crippen LogP contribution in [0.4, 0.5) is 0 Å². The number of nitrogens with one attached hydrogen (secondary N) is 2. The second kappa shape index (κ2) is 7.02. The van der Waals surface area contributed by atoms with E-state index in [9.17, 15) is 9.59 Å². The number of carbonyl (C=O) groups excluding carboxylic acids is 1. The van der Waals surface area contributed by atoms with E-state index >= 15 is 0 Å². The summed E-state index contributed by atoms with van der Waals surface area (Å²) < 4.78 is 6.77. The molecule has 0 saturated heterocycles. The van der Waals surface area contributed by atoms with Crippen LogP contribution >= 0.6 is 0 Å². The van der Waals surface area contributed by atoms with Gasteiger partial charge < -0.3 is 10.1 Å². The third-order valence-electron chi connectivity index (χ3n) is 5.52. The van der Waals surface area contributed by atoms with E-state index in [2.05, 4.69) is 10.4 Å². The Kier molecular flexibility index (Phi) is 4.57. The molecular formula is C20H25N3O3. The van der Waals surface area contributed by atoms with Gasteiger partial charge in [0.2, 0.25) is 5.91 Å². The molecule has 0 bridgehead atoms. The SMILES string of the molecule is COc1ccc(-n2[nH]c3c(c2=O)CCC(C(=O)NCC2CC2)CC3)cc1. The van der Waals surface area contributed by atoms with Gasteiger partial charge in [0.15, 0.2) is 0 Å². The van der Waals surface area contributed by atoms with Crippen molar-refractivity contribution in [1.29, 1.82) is 0 Å². The number of benzene rings is 1. The molecule has 2 N–H and O–H groups in total. The summed E-state index contributed by atoms with van der Waals surface area (Å²) in [6.45, 7) is 0.810. The number of methoxy groups -OCH3 is 1. The van der Waals surface area contributed by atoms with Crippen molar-refractivity contribution in [2.24, 2.45) is 11.8 Å². The van der Waals surface area contributed by atoms with Gasteiger partial charge in [0, 0.05) is 23.7 Å². The highest BCUT2D eigenvalue weighted by Gasteiger charge is 2.28. The van der Waals surface area contributed by atoms with Crippen molar-refractivity contribution in [3.8, 4) is 11.4 Å². The van der Waals surface area contributed by atoms with Crippen LogP contribution in [0.15, 0.2) is 29.1 Å². The molecule has 1 aromatic carbocycles. The zero-order chi connectivity index (χ0) is 18.1. The summed E-state index contributed by atoms with van der Waals surface area (Å²) in [6.07, 6.45) is 5.37. The molecule has 1 heterocycles. The Morgan fingerprint density at radius 2 is 1.92 bits per heavy atom. The van der Waals surface area contributed by atoms with E-state index in [1.807, 2.05) is 24.3 Å². The van der Waals surface area contributed by atoms with Crippen LogP contribution in [0.5, 0.6) is 5.75 Å². The van der Waals surface area contributed by atoms with Crippen molar-refractivity contribution < 1.29 is 9.53 Å². The molecule has 4 rings (SSSR count). The summed E-state index contributed by atoms with van der Waals surface area (Å²) in [4.78, 5) is 25.2. The first-order valence-corrected chi connectivity index (χ1v) is 9.40. The maximum atomic E-state index is 12.8. The van der Waals surface area contributed by atoms with Crippen LogP contribution in [0.3, 0.4) is 0 Å². The molecule has 2 aromatic rings. The zero-order valence-corrected chi connectivity index (χ0v) is 15.1. The lowest BCUT2D eigenvalue weighted by atomic mass is 9.99. The summed E-state index contributed by atoms with van der Waals surface area (Å²) in [5.41, 5.74) is 2.56. The molecule has 6 nitrogen and oxygen atoms in total. The van der Waals surface area contributed by atoms with E-state index in [1.54, 1.807) is 11.8 Å². The van der Waals surface area contributed by atoms with E-state index in [4.69, 9.17) is 4.74 Å². The van der Waals surface area contributed by atoms with Crippen molar-refractivity contribution in [3.63, 3.8) is 0 Å². The first kappa shape index (κ1) is 16.9. The van der Waals surface area contributed by atoms with Gasteiger partial charge in [-0.05, 0) is 68.7 Å². The second-order valence-electron chi connectivity index (χ2n) is 7.37. The number of H-pyrrole nitrogens is 1. The van der Waals surface area contributed by atoms with Gasteiger partial charge >= 0.3 is 0 Å². The van der Waals surface area contributed by atoms with E-state index in [0.29, 0.717) is 12.3 Å². The number of hydrogen-bond donors (Lipinski definition) is 2. The number of hydrogen-bond acceptors (Lipinski definition) is 3. The van der Waals surface area contributed by atoms with Gasteiger partial charge in [0.05, 0.1) is 12.8 Å². The molecule has 1 amide bonds. The molecule has 0 radical (unpaired) electrons. The average molecular weight is 355 g/mol. The Morgan fingerprint density at radius 3 is 2.62 bits per heavy atom. The molecule has 1 atom stereocenters. The van der Waals surface area contributed by atoms with Crippen LogP contribution in [-0.2, 0) is 17.6 Å². The lowest BCUT2D eigenvalue weighted by molar-refractivity contribution is -0.125. The maximum absolute atomic E-state index is 12.8. The van der Waals surface area contributed by atoms with Crippen molar-refractivity contribution in [1.82, 2.24) is 15.1 Å². The third-order valence-corrected chi connectivity index (χ3v) is 5.52. The molecule has 1 aromatic heterocycles. The van der Waals surface area contributed by atoms with Crippen molar-refractivity contribution >= 4 is 5.91 Å². The van der Waals surface area contributed by atoms with Crippen LogP contribution in [0.25, 0.3) is 5.69 Å². The van der Waals surface area contributed by atoms with Crippen molar-refractivity contribution in [2.45, 2.75) is 38.5 Å². The third kappa shape index (κ3) is 3.41. The van der Waals surface area contributed by atoms with Crippen molar-refractivity contribution in [2.75, 3.05) is 13.7 Å². The van der Waals surface area contributed by atoms with Gasteiger partial charge in [-0.25, -0.2) is 4.68 Å². The quantitative estimate of drug-likeness (QED) is 0.807. The zero-order valence-electron chi connectivity index (χ0n) is 15.1. The molecule has 0 aliphatic heterocycles.